The second kappa shape index (κ2) is 11.7. The molecule has 0 unspecified atom stereocenters. The molecule has 0 aliphatic carbocycles. The minimum absolute atomic E-state index is 0.0629. The molecule has 0 spiro atoms. The molecule has 3 nitrogen and oxygen atoms in total. The smallest absolute Gasteiger partial charge is 0.338 e. The maximum atomic E-state index is 13.5. The van der Waals surface area contributed by atoms with Crippen LogP contribution in [0.5, 0.6) is 0 Å². The van der Waals surface area contributed by atoms with Crippen LogP contribution in [0.2, 0.25) is 0 Å². The summed E-state index contributed by atoms with van der Waals surface area (Å²) in [6.45, 7) is 8.91. The fraction of sp³-hybridized carbons (Fsp3) is 0.387. The van der Waals surface area contributed by atoms with Crippen molar-refractivity contribution >= 4 is 5.91 Å². The summed E-state index contributed by atoms with van der Waals surface area (Å²) in [6, 6.07) is 19.3. The van der Waals surface area contributed by atoms with Crippen molar-refractivity contribution in [1.82, 2.24) is 9.80 Å². The van der Waals surface area contributed by atoms with Gasteiger partial charge in [-0.25, -0.2) is 4.39 Å². The van der Waals surface area contributed by atoms with Gasteiger partial charge in [0, 0.05) is 44.2 Å². The summed E-state index contributed by atoms with van der Waals surface area (Å²) in [5, 5.41) is 0. The van der Waals surface area contributed by atoms with Gasteiger partial charge in [0.05, 0.1) is 5.56 Å². The average molecular weight is 527 g/mol. The van der Waals surface area contributed by atoms with Gasteiger partial charge in [0.1, 0.15) is 5.82 Å². The molecule has 0 aromatic heterocycles. The standard InChI is InChI=1S/C31H34F4N2O/c1-21(2)16-37(30(38)24-11-13-28(32)14-12-24)19-26-18-36(17-23-9-7-22(3)8-10-23)20-29(26)25-5-4-6-27(15-25)31(33,34)35/h4-15,21,26,29H,16-20H2,1-3H3/t26-,29+/m0/s1. The maximum absolute atomic E-state index is 13.5. The number of hydrogen-bond acceptors (Lipinski definition) is 2. The third-order valence-electron chi connectivity index (χ3n) is 7.10. The minimum Gasteiger partial charge on any atom is -0.338 e. The van der Waals surface area contributed by atoms with Gasteiger partial charge in [-0.3, -0.25) is 9.69 Å². The van der Waals surface area contributed by atoms with Crippen molar-refractivity contribution < 1.29 is 22.4 Å². The van der Waals surface area contributed by atoms with E-state index in [0.717, 1.165) is 11.6 Å². The van der Waals surface area contributed by atoms with Crippen molar-refractivity contribution in [2.75, 3.05) is 26.2 Å². The number of amides is 1. The van der Waals surface area contributed by atoms with Crippen molar-refractivity contribution in [2.24, 2.45) is 11.8 Å². The van der Waals surface area contributed by atoms with Gasteiger partial charge in [-0.15, -0.1) is 0 Å². The zero-order valence-corrected chi connectivity index (χ0v) is 22.0. The Hall–Kier alpha value is -3.19. The third kappa shape index (κ3) is 7.01. The predicted octanol–water partition coefficient (Wildman–Crippen LogP) is 7.17. The monoisotopic (exact) mass is 526 g/mol. The number of nitrogens with zero attached hydrogens (tertiary/aromatic N) is 2. The number of likely N-dealkylation sites (tertiary alicyclic amines) is 1. The van der Waals surface area contributed by atoms with Crippen molar-refractivity contribution in [3.8, 4) is 0 Å². The van der Waals surface area contributed by atoms with Crippen LogP contribution in [0.15, 0.2) is 72.8 Å². The van der Waals surface area contributed by atoms with Gasteiger partial charge >= 0.3 is 6.18 Å². The largest absolute Gasteiger partial charge is 0.416 e. The van der Waals surface area contributed by atoms with E-state index in [-0.39, 0.29) is 23.7 Å². The number of rotatable bonds is 8. The Morgan fingerprint density at radius 3 is 2.32 bits per heavy atom. The Kier molecular flexibility index (Phi) is 8.56. The number of carbonyl (C=O) groups excluding carboxylic acids is 1. The summed E-state index contributed by atoms with van der Waals surface area (Å²) in [5.41, 5.74) is 2.68. The molecule has 1 aliphatic rings. The molecule has 7 heteroatoms. The first kappa shape index (κ1) is 27.8. The molecule has 3 aromatic carbocycles. The second-order valence-corrected chi connectivity index (χ2v) is 10.8. The predicted molar refractivity (Wildman–Crippen MR) is 141 cm³/mol. The molecule has 202 valence electrons. The van der Waals surface area contributed by atoms with Gasteiger partial charge in [-0.1, -0.05) is 61.9 Å². The Morgan fingerprint density at radius 2 is 1.68 bits per heavy atom. The summed E-state index contributed by atoms with van der Waals surface area (Å²) in [7, 11) is 0. The summed E-state index contributed by atoms with van der Waals surface area (Å²) < 4.78 is 54.1. The molecule has 1 saturated heterocycles. The third-order valence-corrected chi connectivity index (χ3v) is 7.10. The number of halogens is 4. The molecule has 0 N–H and O–H groups in total. The lowest BCUT2D eigenvalue weighted by molar-refractivity contribution is -0.137. The van der Waals surface area contributed by atoms with Gasteiger partial charge in [0.25, 0.3) is 5.91 Å². The van der Waals surface area contributed by atoms with Gasteiger partial charge in [-0.05, 0) is 60.2 Å². The van der Waals surface area contributed by atoms with Crippen molar-refractivity contribution in [1.29, 1.82) is 0 Å². The molecule has 4 rings (SSSR count). The molecule has 1 heterocycles. The van der Waals surface area contributed by atoms with Crippen LogP contribution in [-0.2, 0) is 12.7 Å². The van der Waals surface area contributed by atoms with E-state index in [9.17, 15) is 22.4 Å². The molecule has 3 aromatic rings. The van der Waals surface area contributed by atoms with Crippen LogP contribution < -0.4 is 0 Å². The first-order valence-corrected chi connectivity index (χ1v) is 13.0. The Labute approximate surface area is 222 Å². The van der Waals surface area contributed by atoms with Gasteiger partial charge in [0.15, 0.2) is 0 Å². The van der Waals surface area contributed by atoms with Crippen molar-refractivity contribution in [2.45, 2.75) is 39.4 Å². The van der Waals surface area contributed by atoms with Crippen molar-refractivity contribution in [3.63, 3.8) is 0 Å². The fourth-order valence-electron chi connectivity index (χ4n) is 5.29. The van der Waals surface area contributed by atoms with E-state index in [2.05, 4.69) is 29.2 Å². The molecule has 0 saturated carbocycles. The van der Waals surface area contributed by atoms with Crippen molar-refractivity contribution in [3.05, 3.63) is 106 Å². The highest BCUT2D eigenvalue weighted by atomic mass is 19.4. The SMILES string of the molecule is Cc1ccc(CN2C[C@@H](CN(CC(C)C)C(=O)c3ccc(F)cc3)[C@@H](c3cccc(C(F)(F)F)c3)C2)cc1. The van der Waals surface area contributed by atoms with Crippen LogP contribution in [0.4, 0.5) is 17.6 Å². The normalized spacial score (nSPS) is 18.2. The highest BCUT2D eigenvalue weighted by Crippen LogP contribution is 2.37. The first-order chi connectivity index (χ1) is 18.0. The lowest BCUT2D eigenvalue weighted by atomic mass is 9.87. The van der Waals surface area contributed by atoms with Gasteiger partial charge < -0.3 is 4.90 Å². The van der Waals surface area contributed by atoms with E-state index in [1.165, 1.54) is 42.0 Å². The second-order valence-electron chi connectivity index (χ2n) is 10.8. The number of aryl methyl sites for hydroxylation is 1. The van der Waals surface area contributed by atoms with Crippen LogP contribution in [0.3, 0.4) is 0 Å². The zero-order valence-electron chi connectivity index (χ0n) is 22.0. The molecule has 38 heavy (non-hydrogen) atoms. The van der Waals surface area contributed by atoms with E-state index in [4.69, 9.17) is 0 Å². The molecule has 2 atom stereocenters. The van der Waals surface area contributed by atoms with Crippen LogP contribution >= 0.6 is 0 Å². The van der Waals surface area contributed by atoms with E-state index >= 15 is 0 Å². The lowest BCUT2D eigenvalue weighted by Gasteiger charge is -2.30. The topological polar surface area (TPSA) is 23.6 Å². The van der Waals surface area contributed by atoms with Gasteiger partial charge in [0.2, 0.25) is 0 Å². The van der Waals surface area contributed by atoms with Crippen LogP contribution in [0.25, 0.3) is 0 Å². The maximum Gasteiger partial charge on any atom is 0.416 e. The highest BCUT2D eigenvalue weighted by Gasteiger charge is 2.38. The molecule has 0 bridgehead atoms. The Balaban J connectivity index is 1.63. The summed E-state index contributed by atoms with van der Waals surface area (Å²) in [5.74, 6) is -0.649. The Morgan fingerprint density at radius 1 is 1.00 bits per heavy atom. The zero-order chi connectivity index (χ0) is 27.4. The summed E-state index contributed by atoms with van der Waals surface area (Å²) >= 11 is 0. The van der Waals surface area contributed by atoms with E-state index in [1.54, 1.807) is 11.0 Å². The fourth-order valence-corrected chi connectivity index (χ4v) is 5.29. The van der Waals surface area contributed by atoms with Gasteiger partial charge in [-0.2, -0.15) is 13.2 Å². The number of hydrogen-bond donors (Lipinski definition) is 0. The van der Waals surface area contributed by atoms with E-state index in [0.29, 0.717) is 43.9 Å². The molecule has 0 radical (unpaired) electrons. The lowest BCUT2D eigenvalue weighted by Crippen LogP contribution is -2.39. The van der Waals surface area contributed by atoms with Crippen LogP contribution in [0, 0.1) is 24.6 Å². The Bertz CT molecular complexity index is 1220. The van der Waals surface area contributed by atoms with Crippen LogP contribution in [-0.4, -0.2) is 41.9 Å². The summed E-state index contributed by atoms with van der Waals surface area (Å²) in [4.78, 5) is 17.5. The molecule has 1 fully saturated rings. The number of alkyl halides is 3. The summed E-state index contributed by atoms with van der Waals surface area (Å²) in [6.07, 6.45) is -4.42. The highest BCUT2D eigenvalue weighted by molar-refractivity contribution is 5.94. The number of carbonyl (C=O) groups is 1. The average Bonchev–Trinajstić information content (AvgIpc) is 3.26. The first-order valence-electron chi connectivity index (χ1n) is 13.0. The number of benzene rings is 3. The molecule has 1 aliphatic heterocycles. The molecular weight excluding hydrogens is 492 g/mol. The molecule has 1 amide bonds. The minimum atomic E-state index is -4.42. The van der Waals surface area contributed by atoms with Crippen LogP contribution in [0.1, 0.15) is 52.4 Å². The molecular formula is C31H34F4N2O. The van der Waals surface area contributed by atoms with E-state index in [1.807, 2.05) is 20.8 Å². The quantitative estimate of drug-likeness (QED) is 0.291. The van der Waals surface area contributed by atoms with E-state index < -0.39 is 17.6 Å².